The van der Waals surface area contributed by atoms with Crippen LogP contribution in [0, 0.1) is 5.92 Å². The van der Waals surface area contributed by atoms with E-state index in [0.29, 0.717) is 18.5 Å². The molecule has 0 aliphatic heterocycles. The third kappa shape index (κ3) is 3.99. The first-order valence-corrected chi connectivity index (χ1v) is 6.03. The fraction of sp³-hybridized carbons (Fsp3) is 0.692. The van der Waals surface area contributed by atoms with Crippen molar-refractivity contribution in [1.29, 1.82) is 0 Å². The van der Waals surface area contributed by atoms with Gasteiger partial charge in [-0.2, -0.15) is 0 Å². The summed E-state index contributed by atoms with van der Waals surface area (Å²) in [5, 5.41) is 0. The number of rotatable bonds is 6. The van der Waals surface area contributed by atoms with E-state index in [0.717, 1.165) is 24.4 Å². The maximum absolute atomic E-state index is 5.56. The van der Waals surface area contributed by atoms with Crippen molar-refractivity contribution in [2.75, 3.05) is 6.54 Å². The van der Waals surface area contributed by atoms with Gasteiger partial charge in [0.15, 0.2) is 0 Å². The van der Waals surface area contributed by atoms with Gasteiger partial charge < -0.3 is 10.2 Å². The van der Waals surface area contributed by atoms with Gasteiger partial charge in [0.1, 0.15) is 5.76 Å². The maximum atomic E-state index is 5.56. The van der Waals surface area contributed by atoms with Gasteiger partial charge in [-0.25, -0.2) is 0 Å². The van der Waals surface area contributed by atoms with Crippen LogP contribution in [0.2, 0.25) is 0 Å². The van der Waals surface area contributed by atoms with E-state index in [1.54, 1.807) is 6.26 Å². The molecule has 0 aliphatic rings. The summed E-state index contributed by atoms with van der Waals surface area (Å²) in [6.07, 6.45) is 1.75. The minimum Gasteiger partial charge on any atom is -0.468 e. The van der Waals surface area contributed by atoms with Crippen LogP contribution in [0.1, 0.15) is 39.0 Å². The second kappa shape index (κ2) is 6.06. The molecule has 0 amide bonds. The molecular formula is C13H24N2O. The topological polar surface area (TPSA) is 42.4 Å². The lowest BCUT2D eigenvalue weighted by molar-refractivity contribution is 0.175. The summed E-state index contributed by atoms with van der Waals surface area (Å²) in [5.41, 5.74) is 6.63. The lowest BCUT2D eigenvalue weighted by Gasteiger charge is -2.27. The van der Waals surface area contributed by atoms with Crippen molar-refractivity contribution in [3.05, 3.63) is 23.7 Å². The first-order valence-electron chi connectivity index (χ1n) is 6.03. The number of nitrogens with zero attached hydrogens (tertiary/aromatic N) is 1. The van der Waals surface area contributed by atoms with Crippen molar-refractivity contribution < 1.29 is 4.42 Å². The summed E-state index contributed by atoms with van der Waals surface area (Å²) >= 11 is 0. The molecule has 3 nitrogen and oxygen atoms in total. The SMILES string of the molecule is CC(C)CN(Cc1cc(CN)co1)C(C)C. The molecule has 1 aromatic heterocycles. The molecule has 92 valence electrons. The zero-order valence-electron chi connectivity index (χ0n) is 10.9. The minimum absolute atomic E-state index is 0.536. The van der Waals surface area contributed by atoms with E-state index in [1.807, 2.05) is 0 Å². The number of nitrogens with two attached hydrogens (primary N) is 1. The normalized spacial score (nSPS) is 12.0. The Morgan fingerprint density at radius 2 is 2.00 bits per heavy atom. The van der Waals surface area contributed by atoms with Crippen LogP contribution in [0.4, 0.5) is 0 Å². The lowest BCUT2D eigenvalue weighted by atomic mass is 10.1. The lowest BCUT2D eigenvalue weighted by Crippen LogP contribution is -2.33. The average molecular weight is 224 g/mol. The third-order valence-electron chi connectivity index (χ3n) is 2.63. The molecule has 0 fully saturated rings. The second-order valence-corrected chi connectivity index (χ2v) is 5.04. The number of hydrogen-bond donors (Lipinski definition) is 1. The Balaban J connectivity index is 2.60. The molecule has 0 unspecified atom stereocenters. The van der Waals surface area contributed by atoms with Crippen LogP contribution in [0.15, 0.2) is 16.7 Å². The first-order chi connectivity index (χ1) is 7.52. The van der Waals surface area contributed by atoms with Gasteiger partial charge in [0.05, 0.1) is 12.8 Å². The largest absolute Gasteiger partial charge is 0.468 e. The van der Waals surface area contributed by atoms with E-state index in [1.165, 1.54) is 0 Å². The molecular weight excluding hydrogens is 200 g/mol. The molecule has 1 rings (SSSR count). The summed E-state index contributed by atoms with van der Waals surface area (Å²) in [5.74, 6) is 1.68. The highest BCUT2D eigenvalue weighted by Crippen LogP contribution is 2.13. The van der Waals surface area contributed by atoms with Crippen LogP contribution >= 0.6 is 0 Å². The van der Waals surface area contributed by atoms with Crippen LogP contribution in [0.3, 0.4) is 0 Å². The predicted octanol–water partition coefficient (Wildman–Crippen LogP) is 2.60. The Bertz CT molecular complexity index is 305. The van der Waals surface area contributed by atoms with Gasteiger partial charge in [-0.15, -0.1) is 0 Å². The molecule has 1 heterocycles. The van der Waals surface area contributed by atoms with Crippen LogP contribution in [0.25, 0.3) is 0 Å². The van der Waals surface area contributed by atoms with Gasteiger partial charge in [-0.3, -0.25) is 4.90 Å². The molecule has 0 saturated carbocycles. The summed E-state index contributed by atoms with van der Waals surface area (Å²) in [4.78, 5) is 2.42. The highest BCUT2D eigenvalue weighted by Gasteiger charge is 2.13. The fourth-order valence-corrected chi connectivity index (χ4v) is 1.74. The Morgan fingerprint density at radius 1 is 1.31 bits per heavy atom. The maximum Gasteiger partial charge on any atom is 0.118 e. The summed E-state index contributed by atoms with van der Waals surface area (Å²) in [7, 11) is 0. The molecule has 0 spiro atoms. The van der Waals surface area contributed by atoms with E-state index in [2.05, 4.69) is 38.7 Å². The van der Waals surface area contributed by atoms with Gasteiger partial charge in [0.2, 0.25) is 0 Å². The molecule has 1 aromatic rings. The molecule has 16 heavy (non-hydrogen) atoms. The summed E-state index contributed by atoms with van der Waals surface area (Å²) < 4.78 is 5.50. The van der Waals surface area contributed by atoms with Gasteiger partial charge in [-0.1, -0.05) is 13.8 Å². The van der Waals surface area contributed by atoms with Gasteiger partial charge in [0.25, 0.3) is 0 Å². The van der Waals surface area contributed by atoms with Crippen molar-refractivity contribution >= 4 is 0 Å². The van der Waals surface area contributed by atoms with Gasteiger partial charge >= 0.3 is 0 Å². The van der Waals surface area contributed by atoms with E-state index in [9.17, 15) is 0 Å². The Morgan fingerprint density at radius 3 is 2.44 bits per heavy atom. The highest BCUT2D eigenvalue weighted by molar-refractivity contribution is 5.12. The van der Waals surface area contributed by atoms with Crippen molar-refractivity contribution in [1.82, 2.24) is 4.90 Å². The monoisotopic (exact) mass is 224 g/mol. The molecule has 0 atom stereocenters. The van der Waals surface area contributed by atoms with Crippen LogP contribution in [-0.4, -0.2) is 17.5 Å². The molecule has 2 N–H and O–H groups in total. The highest BCUT2D eigenvalue weighted by atomic mass is 16.3. The Kier molecular flexibility index (Phi) is 5.03. The molecule has 0 bridgehead atoms. The Labute approximate surface area is 98.6 Å². The number of furan rings is 1. The smallest absolute Gasteiger partial charge is 0.118 e. The van der Waals surface area contributed by atoms with E-state index in [-0.39, 0.29) is 0 Å². The van der Waals surface area contributed by atoms with E-state index >= 15 is 0 Å². The van der Waals surface area contributed by atoms with Crippen LogP contribution in [0.5, 0.6) is 0 Å². The second-order valence-electron chi connectivity index (χ2n) is 5.04. The quantitative estimate of drug-likeness (QED) is 0.807. The van der Waals surface area contributed by atoms with Crippen molar-refractivity contribution in [2.24, 2.45) is 11.7 Å². The van der Waals surface area contributed by atoms with Crippen molar-refractivity contribution in [3.63, 3.8) is 0 Å². The van der Waals surface area contributed by atoms with Gasteiger partial charge in [-0.05, 0) is 25.8 Å². The standard InChI is InChI=1S/C13H24N2O/c1-10(2)7-15(11(3)4)8-13-5-12(6-14)9-16-13/h5,9-11H,6-8,14H2,1-4H3. The summed E-state index contributed by atoms with van der Waals surface area (Å²) in [6, 6.07) is 2.59. The molecule has 3 heteroatoms. The van der Waals surface area contributed by atoms with Crippen molar-refractivity contribution in [2.45, 2.75) is 46.8 Å². The molecule has 0 radical (unpaired) electrons. The third-order valence-corrected chi connectivity index (χ3v) is 2.63. The predicted molar refractivity (Wildman–Crippen MR) is 67.0 cm³/mol. The fourth-order valence-electron chi connectivity index (χ4n) is 1.74. The van der Waals surface area contributed by atoms with Crippen molar-refractivity contribution in [3.8, 4) is 0 Å². The average Bonchev–Trinajstić information content (AvgIpc) is 2.63. The molecule has 0 saturated heterocycles. The zero-order valence-corrected chi connectivity index (χ0v) is 10.9. The number of hydrogen-bond acceptors (Lipinski definition) is 3. The van der Waals surface area contributed by atoms with Crippen LogP contribution in [-0.2, 0) is 13.1 Å². The molecule has 0 aromatic carbocycles. The van der Waals surface area contributed by atoms with Gasteiger partial charge in [0, 0.05) is 24.7 Å². The molecule has 0 aliphatic carbocycles. The van der Waals surface area contributed by atoms with Crippen LogP contribution < -0.4 is 5.73 Å². The first kappa shape index (κ1) is 13.3. The zero-order chi connectivity index (χ0) is 12.1. The Hall–Kier alpha value is -0.800. The minimum atomic E-state index is 0.536. The van der Waals surface area contributed by atoms with E-state index in [4.69, 9.17) is 10.2 Å². The van der Waals surface area contributed by atoms with E-state index < -0.39 is 0 Å². The summed E-state index contributed by atoms with van der Waals surface area (Å²) in [6.45, 7) is 11.4.